The van der Waals surface area contributed by atoms with Crippen LogP contribution in [0.3, 0.4) is 0 Å². The van der Waals surface area contributed by atoms with E-state index in [4.69, 9.17) is 15.2 Å². The second kappa shape index (κ2) is 6.17. The van der Waals surface area contributed by atoms with E-state index in [2.05, 4.69) is 10.5 Å². The van der Waals surface area contributed by atoms with Gasteiger partial charge in [0.2, 0.25) is 0 Å². The van der Waals surface area contributed by atoms with Gasteiger partial charge < -0.3 is 15.2 Å². The summed E-state index contributed by atoms with van der Waals surface area (Å²) >= 11 is 0. The van der Waals surface area contributed by atoms with Crippen molar-refractivity contribution in [1.29, 1.82) is 0 Å². The maximum atomic E-state index is 11.9. The number of carbonyl (C=O) groups excluding carboxylic acids is 1. The van der Waals surface area contributed by atoms with Crippen LogP contribution in [0.5, 0.6) is 11.5 Å². The van der Waals surface area contributed by atoms with Gasteiger partial charge in [-0.15, -0.1) is 0 Å². The minimum Gasteiger partial charge on any atom is -0.486 e. The molecule has 2 aromatic carbocycles. The van der Waals surface area contributed by atoms with Crippen molar-refractivity contribution in [2.75, 3.05) is 18.9 Å². The van der Waals surface area contributed by atoms with Crippen molar-refractivity contribution in [1.82, 2.24) is 5.43 Å². The lowest BCUT2D eigenvalue weighted by Gasteiger charge is -2.18. The van der Waals surface area contributed by atoms with E-state index in [0.717, 1.165) is 5.56 Å². The normalized spacial score (nSPS) is 13.1. The van der Waals surface area contributed by atoms with Crippen LogP contribution in [0.4, 0.5) is 5.69 Å². The molecule has 0 saturated heterocycles. The molecule has 0 spiro atoms. The van der Waals surface area contributed by atoms with Crippen LogP contribution in [-0.4, -0.2) is 25.3 Å². The Hall–Kier alpha value is -3.02. The molecule has 3 N–H and O–H groups in total. The number of benzene rings is 2. The number of anilines is 1. The highest BCUT2D eigenvalue weighted by Gasteiger charge is 2.11. The van der Waals surface area contributed by atoms with Gasteiger partial charge in [0.25, 0.3) is 5.91 Å². The maximum Gasteiger partial charge on any atom is 0.271 e. The number of hydrogen-bond acceptors (Lipinski definition) is 5. The molecule has 0 bridgehead atoms. The Bertz CT molecular complexity index is 711. The summed E-state index contributed by atoms with van der Waals surface area (Å²) in [6.45, 7) is 1.08. The van der Waals surface area contributed by atoms with Crippen LogP contribution >= 0.6 is 0 Å². The number of ether oxygens (including phenoxy) is 2. The number of nitrogens with one attached hydrogen (secondary N) is 1. The van der Waals surface area contributed by atoms with Gasteiger partial charge in [0, 0.05) is 11.3 Å². The largest absolute Gasteiger partial charge is 0.486 e. The number of amides is 1. The lowest BCUT2D eigenvalue weighted by atomic mass is 10.2. The van der Waals surface area contributed by atoms with E-state index >= 15 is 0 Å². The molecule has 0 aliphatic carbocycles. The fourth-order valence-electron chi connectivity index (χ4n) is 2.00. The summed E-state index contributed by atoms with van der Waals surface area (Å²) in [4.78, 5) is 11.9. The lowest BCUT2D eigenvalue weighted by Crippen LogP contribution is -2.17. The van der Waals surface area contributed by atoms with Crippen LogP contribution in [0.25, 0.3) is 0 Å². The quantitative estimate of drug-likeness (QED) is 0.514. The van der Waals surface area contributed by atoms with Crippen molar-refractivity contribution in [3.05, 3.63) is 53.6 Å². The zero-order valence-electron chi connectivity index (χ0n) is 11.8. The minimum atomic E-state index is -0.297. The van der Waals surface area contributed by atoms with Crippen LogP contribution in [0.1, 0.15) is 15.9 Å². The molecular formula is C16H15N3O3. The molecule has 1 heterocycles. The van der Waals surface area contributed by atoms with E-state index < -0.39 is 0 Å². The molecule has 6 heteroatoms. The fraction of sp³-hybridized carbons (Fsp3) is 0.125. The molecule has 3 rings (SSSR count). The molecule has 0 saturated carbocycles. The van der Waals surface area contributed by atoms with Gasteiger partial charge in [-0.2, -0.15) is 5.10 Å². The van der Waals surface area contributed by atoms with Gasteiger partial charge in [0.1, 0.15) is 13.2 Å². The van der Waals surface area contributed by atoms with Gasteiger partial charge in [-0.3, -0.25) is 4.79 Å². The molecule has 22 heavy (non-hydrogen) atoms. The van der Waals surface area contributed by atoms with Crippen molar-refractivity contribution >= 4 is 17.8 Å². The first kappa shape index (κ1) is 13.9. The molecule has 1 aliphatic rings. The molecule has 0 atom stereocenters. The highest BCUT2D eigenvalue weighted by atomic mass is 16.6. The molecule has 112 valence electrons. The van der Waals surface area contributed by atoms with Gasteiger partial charge in [-0.05, 0) is 48.0 Å². The Morgan fingerprint density at radius 2 is 1.82 bits per heavy atom. The number of nitrogens with zero attached hydrogens (tertiary/aromatic N) is 1. The molecule has 1 aliphatic heterocycles. The fourth-order valence-corrected chi connectivity index (χ4v) is 2.00. The number of carbonyl (C=O) groups is 1. The van der Waals surface area contributed by atoms with Crippen molar-refractivity contribution in [3.63, 3.8) is 0 Å². The molecule has 6 nitrogen and oxygen atoms in total. The third-order valence-electron chi connectivity index (χ3n) is 3.12. The summed E-state index contributed by atoms with van der Waals surface area (Å²) in [6, 6.07) is 12.1. The maximum absolute atomic E-state index is 11.9. The topological polar surface area (TPSA) is 85.9 Å². The zero-order valence-corrected chi connectivity index (χ0v) is 11.8. The summed E-state index contributed by atoms with van der Waals surface area (Å²) in [5.41, 5.74) is 9.95. The van der Waals surface area contributed by atoms with E-state index in [1.165, 1.54) is 0 Å². The minimum absolute atomic E-state index is 0.297. The Balaban J connectivity index is 1.64. The number of rotatable bonds is 3. The average Bonchev–Trinajstić information content (AvgIpc) is 2.55. The first-order valence-corrected chi connectivity index (χ1v) is 6.81. The van der Waals surface area contributed by atoms with E-state index in [9.17, 15) is 4.79 Å². The van der Waals surface area contributed by atoms with E-state index in [-0.39, 0.29) is 5.91 Å². The smallest absolute Gasteiger partial charge is 0.271 e. The van der Waals surface area contributed by atoms with Crippen molar-refractivity contribution in [2.24, 2.45) is 5.10 Å². The monoisotopic (exact) mass is 297 g/mol. The molecule has 0 unspecified atom stereocenters. The molecule has 1 amide bonds. The second-order valence-electron chi connectivity index (χ2n) is 4.72. The molecule has 0 aromatic heterocycles. The van der Waals surface area contributed by atoms with Gasteiger partial charge in [0.15, 0.2) is 11.5 Å². The molecule has 0 radical (unpaired) electrons. The number of hydrazone groups is 1. The summed E-state index contributed by atoms with van der Waals surface area (Å²) in [5.74, 6) is 1.10. The van der Waals surface area contributed by atoms with Crippen LogP contribution in [0, 0.1) is 0 Å². The van der Waals surface area contributed by atoms with Crippen molar-refractivity contribution < 1.29 is 14.3 Å². The first-order valence-electron chi connectivity index (χ1n) is 6.81. The Morgan fingerprint density at radius 3 is 2.59 bits per heavy atom. The van der Waals surface area contributed by atoms with Crippen molar-refractivity contribution in [2.45, 2.75) is 0 Å². The SMILES string of the molecule is Nc1ccc(C(=O)NN=Cc2ccc3c(c2)OCCO3)cc1. The van der Waals surface area contributed by atoms with E-state index in [0.29, 0.717) is 36.0 Å². The van der Waals surface area contributed by atoms with Crippen molar-refractivity contribution in [3.8, 4) is 11.5 Å². The molecule has 0 fully saturated rings. The number of nitrogens with two attached hydrogens (primary N) is 1. The predicted molar refractivity (Wildman–Crippen MR) is 83.3 cm³/mol. The number of fused-ring (bicyclic) bond motifs is 1. The number of nitrogen functional groups attached to an aromatic ring is 1. The van der Waals surface area contributed by atoms with Gasteiger partial charge >= 0.3 is 0 Å². The van der Waals surface area contributed by atoms with Gasteiger partial charge in [-0.25, -0.2) is 5.43 Å². The second-order valence-corrected chi connectivity index (χ2v) is 4.72. The average molecular weight is 297 g/mol. The summed E-state index contributed by atoms with van der Waals surface area (Å²) < 4.78 is 10.9. The van der Waals surface area contributed by atoms with Crippen LogP contribution in [0.2, 0.25) is 0 Å². The van der Waals surface area contributed by atoms with E-state index in [1.807, 2.05) is 18.2 Å². The first-order chi connectivity index (χ1) is 10.7. The third-order valence-corrected chi connectivity index (χ3v) is 3.12. The number of hydrogen-bond donors (Lipinski definition) is 2. The Labute approximate surface area is 127 Å². The van der Waals surface area contributed by atoms with Crippen LogP contribution < -0.4 is 20.6 Å². The summed E-state index contributed by atoms with van der Waals surface area (Å²) in [5, 5.41) is 3.94. The van der Waals surface area contributed by atoms with E-state index in [1.54, 1.807) is 30.5 Å². The molecular weight excluding hydrogens is 282 g/mol. The van der Waals surface area contributed by atoms with Gasteiger partial charge in [0.05, 0.1) is 6.21 Å². The highest BCUT2D eigenvalue weighted by molar-refractivity contribution is 5.95. The van der Waals surface area contributed by atoms with Crippen LogP contribution in [0.15, 0.2) is 47.6 Å². The van der Waals surface area contributed by atoms with Gasteiger partial charge in [-0.1, -0.05) is 0 Å². The predicted octanol–water partition coefficient (Wildman–Crippen LogP) is 1.80. The lowest BCUT2D eigenvalue weighted by molar-refractivity contribution is 0.0955. The third kappa shape index (κ3) is 3.17. The standard InChI is InChI=1S/C16H15N3O3/c17-13-4-2-12(3-5-13)16(20)19-18-10-11-1-6-14-15(9-11)22-8-7-21-14/h1-6,9-10H,7-8,17H2,(H,19,20). The summed E-state index contributed by atoms with van der Waals surface area (Å²) in [6.07, 6.45) is 1.55. The van der Waals surface area contributed by atoms with Crippen LogP contribution in [-0.2, 0) is 0 Å². The Morgan fingerprint density at radius 1 is 1.09 bits per heavy atom. The zero-order chi connectivity index (χ0) is 15.4. The Kier molecular flexibility index (Phi) is 3.91. The molecule has 2 aromatic rings. The summed E-state index contributed by atoms with van der Waals surface area (Å²) in [7, 11) is 0. The highest BCUT2D eigenvalue weighted by Crippen LogP contribution is 2.30.